The molecule has 6 nitrogen and oxygen atoms in total. The first-order valence-electron chi connectivity index (χ1n) is 7.62. The number of nitro groups is 1. The maximum absolute atomic E-state index is 13.9. The van der Waals surface area contributed by atoms with Crippen LogP contribution in [0.25, 0.3) is 0 Å². The van der Waals surface area contributed by atoms with Gasteiger partial charge in [-0.15, -0.1) is 0 Å². The number of hydrogen-bond donors (Lipinski definition) is 3. The van der Waals surface area contributed by atoms with Gasteiger partial charge in [0.05, 0.1) is 17.1 Å². The molecule has 0 fully saturated rings. The van der Waals surface area contributed by atoms with Crippen molar-refractivity contribution in [2.75, 3.05) is 0 Å². The Balaban J connectivity index is 2.12. The zero-order chi connectivity index (χ0) is 19.6. The summed E-state index contributed by atoms with van der Waals surface area (Å²) < 4.78 is 27.9. The molecule has 0 saturated carbocycles. The summed E-state index contributed by atoms with van der Waals surface area (Å²) >= 11 is 11.3. The van der Waals surface area contributed by atoms with Crippen LogP contribution in [0.3, 0.4) is 0 Å². The lowest BCUT2D eigenvalue weighted by Crippen LogP contribution is -2.28. The molecule has 1 aliphatic carbocycles. The van der Waals surface area contributed by atoms with E-state index in [1.54, 1.807) is 0 Å². The molecule has 0 amide bonds. The van der Waals surface area contributed by atoms with Gasteiger partial charge in [-0.3, -0.25) is 10.1 Å². The number of nitro benzene ring substituents is 1. The van der Waals surface area contributed by atoms with Gasteiger partial charge >= 0.3 is 0 Å². The molecule has 10 heteroatoms. The number of benzene rings is 1. The second kappa shape index (κ2) is 8.41. The summed E-state index contributed by atoms with van der Waals surface area (Å²) in [6.45, 7) is 0. The van der Waals surface area contributed by atoms with Crippen LogP contribution in [-0.2, 0) is 0 Å². The largest absolute Gasteiger partial charge is 0.389 e. The number of allylic oxidation sites excluding steroid dienone is 2. The quantitative estimate of drug-likeness (QED) is 0.491. The first-order valence-corrected chi connectivity index (χ1v) is 8.38. The fraction of sp³-hybridized carbons (Fsp3) is 0.375. The predicted octanol–water partition coefficient (Wildman–Crippen LogP) is 3.64. The van der Waals surface area contributed by atoms with Crippen molar-refractivity contribution in [1.82, 2.24) is 0 Å². The van der Waals surface area contributed by atoms with Crippen molar-refractivity contribution in [2.45, 2.75) is 37.5 Å². The summed E-state index contributed by atoms with van der Waals surface area (Å²) in [5, 5.41) is 30.9. The number of aliphatic hydroxyl groups excluding tert-OH is 2. The van der Waals surface area contributed by atoms with Crippen LogP contribution in [0.1, 0.15) is 30.9 Å². The lowest BCUT2D eigenvalue weighted by atomic mass is 9.91. The predicted molar refractivity (Wildman–Crippen MR) is 92.9 cm³/mol. The van der Waals surface area contributed by atoms with Gasteiger partial charge in [0.15, 0.2) is 0 Å². The molecule has 1 unspecified atom stereocenters. The average Bonchev–Trinajstić information content (AvgIpc) is 2.55. The van der Waals surface area contributed by atoms with Crippen LogP contribution in [0, 0.1) is 15.9 Å². The van der Waals surface area contributed by atoms with Gasteiger partial charge in [-0.2, -0.15) is 0 Å². The second-order valence-electron chi connectivity index (χ2n) is 5.90. The molecule has 0 heterocycles. The minimum absolute atomic E-state index is 0.0131. The van der Waals surface area contributed by atoms with Crippen LogP contribution in [0.4, 0.5) is 14.5 Å². The van der Waals surface area contributed by atoms with Gasteiger partial charge in [-0.25, -0.2) is 8.78 Å². The topological polar surface area (TPSA) is 110 Å². The molecule has 0 bridgehead atoms. The highest BCUT2D eigenvalue weighted by atomic mass is 35.5. The van der Waals surface area contributed by atoms with Crippen LogP contribution < -0.4 is 5.73 Å². The summed E-state index contributed by atoms with van der Waals surface area (Å²) in [5.74, 6) is -1.62. The molecule has 1 aromatic carbocycles. The molecule has 0 spiro atoms. The molecular formula is C16H16Cl2F2N2O4. The van der Waals surface area contributed by atoms with E-state index in [0.29, 0.717) is 0 Å². The van der Waals surface area contributed by atoms with E-state index in [0.717, 1.165) is 18.2 Å². The van der Waals surface area contributed by atoms with Crippen molar-refractivity contribution in [2.24, 2.45) is 5.73 Å². The van der Waals surface area contributed by atoms with E-state index in [1.807, 2.05) is 0 Å². The maximum atomic E-state index is 13.9. The van der Waals surface area contributed by atoms with Gasteiger partial charge < -0.3 is 15.9 Å². The Morgan fingerprint density at radius 1 is 1.27 bits per heavy atom. The van der Waals surface area contributed by atoms with E-state index < -0.39 is 45.5 Å². The highest BCUT2D eigenvalue weighted by Gasteiger charge is 2.26. The Bertz CT molecular complexity index is 786. The lowest BCUT2D eigenvalue weighted by molar-refractivity contribution is -0.384. The summed E-state index contributed by atoms with van der Waals surface area (Å²) in [5.41, 5.74) is 4.87. The molecule has 0 aromatic heterocycles. The smallest absolute Gasteiger partial charge is 0.288 e. The minimum Gasteiger partial charge on any atom is -0.389 e. The van der Waals surface area contributed by atoms with E-state index >= 15 is 0 Å². The van der Waals surface area contributed by atoms with Crippen LogP contribution in [0.15, 0.2) is 34.6 Å². The Morgan fingerprint density at radius 2 is 1.88 bits per heavy atom. The van der Waals surface area contributed by atoms with Crippen molar-refractivity contribution in [3.8, 4) is 0 Å². The third-order valence-corrected chi connectivity index (χ3v) is 4.80. The molecule has 2 rings (SSSR count). The van der Waals surface area contributed by atoms with Gasteiger partial charge in [0, 0.05) is 22.7 Å². The van der Waals surface area contributed by atoms with Crippen LogP contribution >= 0.6 is 23.2 Å². The van der Waals surface area contributed by atoms with Crippen LogP contribution in [0.2, 0.25) is 5.02 Å². The first-order chi connectivity index (χ1) is 12.1. The number of rotatable bonds is 6. The molecule has 1 aliphatic rings. The normalized spacial score (nSPS) is 20.0. The van der Waals surface area contributed by atoms with Gasteiger partial charge in [0.25, 0.3) is 5.69 Å². The van der Waals surface area contributed by atoms with Crippen molar-refractivity contribution in [1.29, 1.82) is 0 Å². The third-order valence-electron chi connectivity index (χ3n) is 4.10. The van der Waals surface area contributed by atoms with Gasteiger partial charge in [-0.05, 0) is 37.0 Å². The summed E-state index contributed by atoms with van der Waals surface area (Å²) in [7, 11) is 0. The Hall–Kier alpha value is -1.58. The SMILES string of the molecule is NC1CC([C@@H](O)CC[C@@H](O)c2cc([N+](=O)[O-])c(Cl)cc2F)=C(F)C=C1Cl. The number of halogens is 4. The molecule has 0 radical (unpaired) electrons. The number of aliphatic hydroxyl groups is 2. The Morgan fingerprint density at radius 3 is 2.50 bits per heavy atom. The van der Waals surface area contributed by atoms with E-state index in [-0.39, 0.29) is 35.4 Å². The molecule has 1 aromatic rings. The highest BCUT2D eigenvalue weighted by Crippen LogP contribution is 2.34. The standard InChI is InChI=1S/C16H16Cl2F2N2O4/c17-9-5-11(19)7(3-13(9)21)15(23)1-2-16(24)8-4-14(22(25)26)10(18)6-12(8)20/h4-6,13,15-16,23-24H,1-3,21H2/t13?,15-,16+/m0/s1. The van der Waals surface area contributed by atoms with Crippen molar-refractivity contribution in [3.63, 3.8) is 0 Å². The molecule has 0 aliphatic heterocycles. The van der Waals surface area contributed by atoms with Gasteiger partial charge in [0.2, 0.25) is 0 Å². The second-order valence-corrected chi connectivity index (χ2v) is 6.75. The average molecular weight is 409 g/mol. The van der Waals surface area contributed by atoms with Gasteiger partial charge in [0.1, 0.15) is 16.7 Å². The fourth-order valence-electron chi connectivity index (χ4n) is 2.64. The number of hydrogen-bond acceptors (Lipinski definition) is 5. The molecule has 142 valence electrons. The molecule has 3 atom stereocenters. The molecule has 4 N–H and O–H groups in total. The lowest BCUT2D eigenvalue weighted by Gasteiger charge is -2.23. The zero-order valence-electron chi connectivity index (χ0n) is 13.3. The molecule has 0 saturated heterocycles. The molecular weight excluding hydrogens is 393 g/mol. The number of nitrogens with zero attached hydrogens (tertiary/aromatic N) is 1. The summed E-state index contributed by atoms with van der Waals surface area (Å²) in [6, 6.07) is 0.944. The van der Waals surface area contributed by atoms with E-state index in [1.165, 1.54) is 0 Å². The number of nitrogens with two attached hydrogens (primary N) is 1. The Labute approximate surface area is 157 Å². The van der Waals surface area contributed by atoms with Crippen LogP contribution in [0.5, 0.6) is 0 Å². The van der Waals surface area contributed by atoms with Crippen LogP contribution in [-0.4, -0.2) is 27.3 Å². The first kappa shape index (κ1) is 20.7. The zero-order valence-corrected chi connectivity index (χ0v) is 14.8. The Kier molecular flexibility index (Phi) is 6.70. The fourth-order valence-corrected chi connectivity index (χ4v) is 3.03. The summed E-state index contributed by atoms with van der Waals surface area (Å²) in [4.78, 5) is 10.1. The van der Waals surface area contributed by atoms with E-state index in [9.17, 15) is 29.1 Å². The maximum Gasteiger partial charge on any atom is 0.288 e. The third kappa shape index (κ3) is 4.57. The van der Waals surface area contributed by atoms with E-state index in [4.69, 9.17) is 28.9 Å². The van der Waals surface area contributed by atoms with E-state index in [2.05, 4.69) is 0 Å². The summed E-state index contributed by atoms with van der Waals surface area (Å²) in [6.07, 6.45) is -1.95. The van der Waals surface area contributed by atoms with Gasteiger partial charge in [-0.1, -0.05) is 23.2 Å². The molecule has 26 heavy (non-hydrogen) atoms. The van der Waals surface area contributed by atoms with Crippen molar-refractivity contribution < 1.29 is 23.9 Å². The van der Waals surface area contributed by atoms with Crippen molar-refractivity contribution in [3.05, 3.63) is 61.2 Å². The highest BCUT2D eigenvalue weighted by molar-refractivity contribution is 6.32. The minimum atomic E-state index is -1.44. The monoisotopic (exact) mass is 408 g/mol. The van der Waals surface area contributed by atoms with Crippen molar-refractivity contribution >= 4 is 28.9 Å².